The quantitative estimate of drug-likeness (QED) is 0.828. The smallest absolute Gasteiger partial charge is 0.146 e. The van der Waals surface area contributed by atoms with Gasteiger partial charge in [-0.1, -0.05) is 27.5 Å². The summed E-state index contributed by atoms with van der Waals surface area (Å²) in [6.07, 6.45) is 1.86. The molecule has 4 heteroatoms. The van der Waals surface area contributed by atoms with Crippen molar-refractivity contribution in [1.29, 1.82) is 0 Å². The summed E-state index contributed by atoms with van der Waals surface area (Å²) in [5.41, 5.74) is 6.35. The maximum Gasteiger partial charge on any atom is 0.146 e. The Labute approximate surface area is 102 Å². The van der Waals surface area contributed by atoms with Crippen LogP contribution in [-0.2, 0) is 5.41 Å². The molecule has 1 atom stereocenters. The van der Waals surface area contributed by atoms with Crippen molar-refractivity contribution in [2.75, 3.05) is 0 Å². The van der Waals surface area contributed by atoms with E-state index in [-0.39, 0.29) is 22.3 Å². The van der Waals surface area contributed by atoms with Gasteiger partial charge < -0.3 is 5.73 Å². The number of benzene rings is 1. The SMILES string of the molecule is CC(N)C1(c2c(Br)ccc(Cl)c2F)CC1. The highest BCUT2D eigenvalue weighted by Crippen LogP contribution is 2.53. The molecule has 0 radical (unpaired) electrons. The fraction of sp³-hybridized carbons (Fsp3) is 0.455. The van der Waals surface area contributed by atoms with Crippen molar-refractivity contribution in [3.63, 3.8) is 0 Å². The van der Waals surface area contributed by atoms with Gasteiger partial charge in [-0.05, 0) is 31.9 Å². The van der Waals surface area contributed by atoms with E-state index in [1.165, 1.54) is 0 Å². The minimum absolute atomic E-state index is 0.0539. The zero-order valence-corrected chi connectivity index (χ0v) is 10.7. The highest BCUT2D eigenvalue weighted by atomic mass is 79.9. The Bertz CT molecular complexity index is 402. The van der Waals surface area contributed by atoms with Gasteiger partial charge in [-0.25, -0.2) is 4.39 Å². The summed E-state index contributed by atoms with van der Waals surface area (Å²) in [6, 6.07) is 3.28. The van der Waals surface area contributed by atoms with Crippen LogP contribution in [0.4, 0.5) is 4.39 Å². The first-order valence-corrected chi connectivity index (χ1v) is 6.06. The van der Waals surface area contributed by atoms with Gasteiger partial charge in [-0.3, -0.25) is 0 Å². The molecular weight excluding hydrogens is 280 g/mol. The zero-order valence-electron chi connectivity index (χ0n) is 8.36. The van der Waals surface area contributed by atoms with E-state index in [0.717, 1.165) is 17.3 Å². The van der Waals surface area contributed by atoms with Crippen LogP contribution in [0.1, 0.15) is 25.3 Å². The molecule has 0 saturated heterocycles. The molecule has 1 aliphatic carbocycles. The molecule has 82 valence electrons. The van der Waals surface area contributed by atoms with Crippen molar-refractivity contribution in [2.24, 2.45) is 5.73 Å². The number of hydrogen-bond acceptors (Lipinski definition) is 1. The second kappa shape index (κ2) is 3.72. The first-order chi connectivity index (χ1) is 6.99. The Morgan fingerprint density at radius 3 is 2.60 bits per heavy atom. The Kier molecular flexibility index (Phi) is 2.82. The molecule has 15 heavy (non-hydrogen) atoms. The van der Waals surface area contributed by atoms with Crippen LogP contribution >= 0.6 is 27.5 Å². The summed E-state index contributed by atoms with van der Waals surface area (Å²) in [4.78, 5) is 0. The molecule has 1 aromatic carbocycles. The van der Waals surface area contributed by atoms with Crippen LogP contribution in [0.5, 0.6) is 0 Å². The van der Waals surface area contributed by atoms with Gasteiger partial charge in [0.15, 0.2) is 0 Å². The maximum atomic E-state index is 13.9. The monoisotopic (exact) mass is 291 g/mol. The normalized spacial score (nSPS) is 20.1. The topological polar surface area (TPSA) is 26.0 Å². The number of rotatable bonds is 2. The average molecular weight is 293 g/mol. The largest absolute Gasteiger partial charge is 0.327 e. The zero-order chi connectivity index (χ0) is 11.2. The Morgan fingerprint density at radius 1 is 1.53 bits per heavy atom. The molecule has 1 unspecified atom stereocenters. The number of halogens is 3. The molecule has 0 amide bonds. The molecule has 1 nitrogen and oxygen atoms in total. The summed E-state index contributed by atoms with van der Waals surface area (Å²) >= 11 is 9.16. The van der Waals surface area contributed by atoms with Crippen molar-refractivity contribution in [1.82, 2.24) is 0 Å². The molecule has 2 rings (SSSR count). The van der Waals surface area contributed by atoms with E-state index in [2.05, 4.69) is 15.9 Å². The fourth-order valence-corrected chi connectivity index (χ4v) is 2.91. The summed E-state index contributed by atoms with van der Waals surface area (Å²) < 4.78 is 14.7. The summed E-state index contributed by atoms with van der Waals surface area (Å²) in [7, 11) is 0. The molecular formula is C11H12BrClFN. The average Bonchev–Trinajstić information content (AvgIpc) is 2.93. The second-order valence-electron chi connectivity index (χ2n) is 4.16. The molecule has 0 aliphatic heterocycles. The van der Waals surface area contributed by atoms with E-state index < -0.39 is 0 Å². The first kappa shape index (κ1) is 11.4. The minimum atomic E-state index is -0.333. The van der Waals surface area contributed by atoms with Crippen molar-refractivity contribution in [2.45, 2.75) is 31.2 Å². The summed E-state index contributed by atoms with van der Waals surface area (Å²) in [5, 5.41) is 0.167. The van der Waals surface area contributed by atoms with Gasteiger partial charge in [-0.15, -0.1) is 0 Å². The predicted molar refractivity (Wildman–Crippen MR) is 63.7 cm³/mol. The standard InChI is InChI=1S/C11H12BrClFN/c1-6(15)11(4-5-11)9-7(12)2-3-8(13)10(9)14/h2-3,6H,4-5,15H2,1H3. The van der Waals surface area contributed by atoms with Crippen LogP contribution in [0, 0.1) is 5.82 Å². The fourth-order valence-electron chi connectivity index (χ4n) is 2.05. The molecule has 1 aromatic rings. The minimum Gasteiger partial charge on any atom is -0.327 e. The third kappa shape index (κ3) is 1.71. The molecule has 0 heterocycles. The molecule has 0 aromatic heterocycles. The second-order valence-corrected chi connectivity index (χ2v) is 5.42. The lowest BCUT2D eigenvalue weighted by Gasteiger charge is -2.22. The summed E-state index contributed by atoms with van der Waals surface area (Å²) in [5.74, 6) is -0.333. The van der Waals surface area contributed by atoms with E-state index in [4.69, 9.17) is 17.3 Å². The lowest BCUT2D eigenvalue weighted by molar-refractivity contribution is 0.510. The van der Waals surface area contributed by atoms with E-state index in [1.54, 1.807) is 12.1 Å². The van der Waals surface area contributed by atoms with E-state index >= 15 is 0 Å². The number of nitrogens with two attached hydrogens (primary N) is 1. The van der Waals surface area contributed by atoms with Crippen molar-refractivity contribution < 1.29 is 4.39 Å². The highest BCUT2D eigenvalue weighted by Gasteiger charge is 2.50. The van der Waals surface area contributed by atoms with Gasteiger partial charge >= 0.3 is 0 Å². The third-order valence-corrected chi connectivity index (χ3v) is 4.15. The van der Waals surface area contributed by atoms with Crippen molar-refractivity contribution >= 4 is 27.5 Å². The van der Waals surface area contributed by atoms with Gasteiger partial charge in [-0.2, -0.15) is 0 Å². The Morgan fingerprint density at radius 2 is 2.13 bits per heavy atom. The van der Waals surface area contributed by atoms with Crippen LogP contribution in [0.15, 0.2) is 16.6 Å². The van der Waals surface area contributed by atoms with Crippen LogP contribution in [0.2, 0.25) is 5.02 Å². The predicted octanol–water partition coefficient (Wildman–Crippen LogP) is 3.62. The van der Waals surface area contributed by atoms with Gasteiger partial charge in [0.05, 0.1) is 5.02 Å². The van der Waals surface area contributed by atoms with Crippen LogP contribution in [-0.4, -0.2) is 6.04 Å². The van der Waals surface area contributed by atoms with Gasteiger partial charge in [0, 0.05) is 21.5 Å². The molecule has 1 saturated carbocycles. The number of hydrogen-bond donors (Lipinski definition) is 1. The van der Waals surface area contributed by atoms with Gasteiger partial charge in [0.2, 0.25) is 0 Å². The third-order valence-electron chi connectivity index (χ3n) is 3.20. The maximum absolute atomic E-state index is 13.9. The van der Waals surface area contributed by atoms with Gasteiger partial charge in [0.25, 0.3) is 0 Å². The lowest BCUT2D eigenvalue weighted by Crippen LogP contribution is -2.32. The molecule has 1 aliphatic rings. The van der Waals surface area contributed by atoms with Crippen LogP contribution in [0.3, 0.4) is 0 Å². The Balaban J connectivity index is 2.57. The van der Waals surface area contributed by atoms with Crippen LogP contribution in [0.25, 0.3) is 0 Å². The van der Waals surface area contributed by atoms with Crippen molar-refractivity contribution in [3.8, 4) is 0 Å². The molecule has 0 spiro atoms. The molecule has 0 bridgehead atoms. The van der Waals surface area contributed by atoms with E-state index in [1.807, 2.05) is 6.92 Å². The first-order valence-electron chi connectivity index (χ1n) is 4.88. The van der Waals surface area contributed by atoms with Crippen molar-refractivity contribution in [3.05, 3.63) is 33.0 Å². The van der Waals surface area contributed by atoms with Crippen LogP contribution < -0.4 is 5.73 Å². The Hall–Kier alpha value is -0.120. The van der Waals surface area contributed by atoms with E-state index in [0.29, 0.717) is 5.56 Å². The molecule has 1 fully saturated rings. The summed E-state index contributed by atoms with van der Waals surface area (Å²) in [6.45, 7) is 1.92. The highest BCUT2D eigenvalue weighted by molar-refractivity contribution is 9.10. The lowest BCUT2D eigenvalue weighted by atomic mass is 9.89. The van der Waals surface area contributed by atoms with E-state index in [9.17, 15) is 4.39 Å². The van der Waals surface area contributed by atoms with Gasteiger partial charge in [0.1, 0.15) is 5.82 Å². The molecule has 2 N–H and O–H groups in total.